The molecule has 10 aromatic rings. The summed E-state index contributed by atoms with van der Waals surface area (Å²) in [5.74, 6) is 0. The fourth-order valence-corrected chi connectivity index (χ4v) is 8.88. The fourth-order valence-electron chi connectivity index (χ4n) is 8.88. The summed E-state index contributed by atoms with van der Waals surface area (Å²) >= 11 is 0. The molecule has 8 aromatic carbocycles. The molecule has 0 unspecified atom stereocenters. The van der Waals surface area contributed by atoms with Crippen molar-refractivity contribution >= 4 is 67.2 Å². The van der Waals surface area contributed by atoms with E-state index in [0.717, 1.165) is 71.7 Å². The lowest BCUT2D eigenvalue weighted by Gasteiger charge is -2.22. The minimum atomic E-state index is -0.00908. The Kier molecular flexibility index (Phi) is 8.61. The van der Waals surface area contributed by atoms with Crippen molar-refractivity contribution in [3.05, 3.63) is 222 Å². The second-order valence-electron chi connectivity index (χ2n) is 15.7. The highest BCUT2D eigenvalue weighted by molar-refractivity contribution is 6.92. The van der Waals surface area contributed by atoms with E-state index in [1.807, 2.05) is 30.3 Å². The Morgan fingerprint density at radius 1 is 0.417 bits per heavy atom. The van der Waals surface area contributed by atoms with Gasteiger partial charge in [-0.2, -0.15) is 0 Å². The summed E-state index contributed by atoms with van der Waals surface area (Å²) in [5, 5.41) is 2.15. The largest absolute Gasteiger partial charge is 0.456 e. The zero-order valence-electron chi connectivity index (χ0n) is 33.3. The maximum absolute atomic E-state index is 6.15. The van der Waals surface area contributed by atoms with Crippen LogP contribution in [-0.2, 0) is 0 Å². The number of rotatable bonds is 7. The van der Waals surface area contributed by atoms with Gasteiger partial charge in [-0.1, -0.05) is 185 Å². The molecule has 0 saturated heterocycles. The molecule has 11 rings (SSSR count). The summed E-state index contributed by atoms with van der Waals surface area (Å²) < 4.78 is 6.15. The van der Waals surface area contributed by atoms with Crippen LogP contribution in [0.5, 0.6) is 0 Å². The standard InChI is InChI=1S/C56H37BN2O/c1-36-31-45(43-19-17-42(18-20-43)44-25-30-50-51(33-44)59-53-35-55-49(34-52(53)58-50)48-15-9-10-16-54(48)60-55)32-37(2)56(36)57(46-26-21-40(22-27-46)38-11-5-3-6-12-38)47-28-23-41(24-29-47)39-13-7-4-8-14-39/h3-23,25-28,30-35H,1-2H3. The number of fused-ring (bicyclic) bond motifs is 5. The summed E-state index contributed by atoms with van der Waals surface area (Å²) in [6.07, 6.45) is 4.40. The molecule has 0 aliphatic heterocycles. The van der Waals surface area contributed by atoms with E-state index in [2.05, 4.69) is 183 Å². The molecule has 1 aliphatic carbocycles. The van der Waals surface area contributed by atoms with E-state index in [0.29, 0.717) is 0 Å². The van der Waals surface area contributed by atoms with Gasteiger partial charge in [0.15, 0.2) is 0 Å². The van der Waals surface area contributed by atoms with Gasteiger partial charge in [-0.05, 0) is 88.6 Å². The first-order chi connectivity index (χ1) is 29.5. The van der Waals surface area contributed by atoms with Crippen molar-refractivity contribution in [2.24, 2.45) is 0 Å². The molecule has 0 radical (unpaired) electrons. The van der Waals surface area contributed by atoms with E-state index in [1.54, 1.807) is 0 Å². The van der Waals surface area contributed by atoms with Crippen molar-refractivity contribution in [1.82, 2.24) is 9.97 Å². The van der Waals surface area contributed by atoms with Crippen LogP contribution in [0.2, 0.25) is 0 Å². The Hall–Kier alpha value is -7.74. The third kappa shape index (κ3) is 6.38. The molecular formula is C56H37BN2O. The Morgan fingerprint density at radius 3 is 1.70 bits per heavy atom. The number of benzene rings is 8. The van der Waals surface area contributed by atoms with Gasteiger partial charge in [-0.3, -0.25) is 0 Å². The predicted molar refractivity (Wildman–Crippen MR) is 251 cm³/mol. The Bertz CT molecular complexity index is 3420. The number of aromatic nitrogens is 2. The van der Waals surface area contributed by atoms with E-state index in [-0.39, 0.29) is 6.71 Å². The van der Waals surface area contributed by atoms with Gasteiger partial charge in [0.2, 0.25) is 0 Å². The van der Waals surface area contributed by atoms with Crippen molar-refractivity contribution in [2.75, 3.05) is 0 Å². The van der Waals surface area contributed by atoms with Gasteiger partial charge >= 0.3 is 0 Å². The lowest BCUT2D eigenvalue weighted by atomic mass is 9.35. The van der Waals surface area contributed by atoms with Gasteiger partial charge in [-0.15, -0.1) is 0 Å². The zero-order chi connectivity index (χ0) is 40.2. The topological polar surface area (TPSA) is 38.9 Å². The van der Waals surface area contributed by atoms with E-state index in [4.69, 9.17) is 14.4 Å². The quantitative estimate of drug-likeness (QED) is 0.0922. The summed E-state index contributed by atoms with van der Waals surface area (Å²) in [5.41, 5.74) is 27.5. The van der Waals surface area contributed by atoms with Crippen molar-refractivity contribution in [3.8, 4) is 33.4 Å². The van der Waals surface area contributed by atoms with Gasteiger partial charge < -0.3 is 4.42 Å². The fraction of sp³-hybridized carbons (Fsp3) is 0.0357. The second-order valence-corrected chi connectivity index (χ2v) is 15.7. The molecule has 1 aliphatic rings. The van der Waals surface area contributed by atoms with E-state index < -0.39 is 0 Å². The van der Waals surface area contributed by atoms with Gasteiger partial charge in [-0.25, -0.2) is 9.97 Å². The van der Waals surface area contributed by atoms with Crippen molar-refractivity contribution in [3.63, 3.8) is 0 Å². The molecule has 0 N–H and O–H groups in total. The van der Waals surface area contributed by atoms with Crippen LogP contribution in [-0.4, -0.2) is 16.7 Å². The van der Waals surface area contributed by atoms with Gasteiger partial charge in [0.25, 0.3) is 6.71 Å². The number of hydrogen-bond acceptors (Lipinski definition) is 3. The number of aryl methyl sites for hydroxylation is 2. The first-order valence-corrected chi connectivity index (χ1v) is 20.4. The van der Waals surface area contributed by atoms with Crippen LogP contribution in [0.4, 0.5) is 0 Å². The SMILES string of the molecule is Cc1cc(-c2ccc(-c3ccc4nc5cc6c(cc5nc4c3)oc3ccccc36)cc2)cc(C)c1B(C1=C=C=C(c2ccccc2)C=C1)c1ccc(-c2ccccc2)cc1. The monoisotopic (exact) mass is 764 g/mol. The van der Waals surface area contributed by atoms with Crippen molar-refractivity contribution in [1.29, 1.82) is 0 Å². The molecule has 0 atom stereocenters. The number of hydrogen-bond donors (Lipinski definition) is 0. The lowest BCUT2D eigenvalue weighted by Crippen LogP contribution is -2.46. The van der Waals surface area contributed by atoms with Gasteiger partial charge in [0.1, 0.15) is 11.2 Å². The number of furan rings is 1. The second kappa shape index (κ2) is 14.6. The van der Waals surface area contributed by atoms with Crippen LogP contribution in [0.3, 0.4) is 0 Å². The average molecular weight is 765 g/mol. The van der Waals surface area contributed by atoms with Gasteiger partial charge in [0.05, 0.1) is 22.1 Å². The number of allylic oxidation sites excluding steroid dienone is 4. The van der Waals surface area contributed by atoms with Crippen LogP contribution in [0.1, 0.15) is 16.7 Å². The third-order valence-electron chi connectivity index (χ3n) is 11.9. The Morgan fingerprint density at radius 2 is 0.983 bits per heavy atom. The van der Waals surface area contributed by atoms with E-state index >= 15 is 0 Å². The van der Waals surface area contributed by atoms with Crippen molar-refractivity contribution < 1.29 is 4.42 Å². The molecule has 0 bridgehead atoms. The first-order valence-electron chi connectivity index (χ1n) is 20.4. The molecule has 4 heteroatoms. The summed E-state index contributed by atoms with van der Waals surface area (Å²) in [4.78, 5) is 10.0. The number of para-hydroxylation sites is 1. The summed E-state index contributed by atoms with van der Waals surface area (Å²) in [6.45, 7) is 4.48. The minimum absolute atomic E-state index is 0.00908. The summed E-state index contributed by atoms with van der Waals surface area (Å²) in [7, 11) is 0. The highest BCUT2D eigenvalue weighted by atomic mass is 16.3. The molecule has 60 heavy (non-hydrogen) atoms. The summed E-state index contributed by atoms with van der Waals surface area (Å²) in [6, 6.07) is 62.1. The number of nitrogens with zero attached hydrogens (tertiary/aromatic N) is 2. The normalized spacial score (nSPS) is 12.4. The molecule has 280 valence electrons. The zero-order valence-corrected chi connectivity index (χ0v) is 33.3. The van der Waals surface area contributed by atoms with Crippen LogP contribution >= 0.6 is 0 Å². The van der Waals surface area contributed by atoms with Crippen LogP contribution in [0.25, 0.3) is 83.0 Å². The third-order valence-corrected chi connectivity index (χ3v) is 11.9. The van der Waals surface area contributed by atoms with Crippen LogP contribution < -0.4 is 10.9 Å². The Labute approximate surface area is 349 Å². The Balaban J connectivity index is 0.929. The lowest BCUT2D eigenvalue weighted by molar-refractivity contribution is 0.669. The highest BCUT2D eigenvalue weighted by Crippen LogP contribution is 2.33. The maximum atomic E-state index is 6.15. The molecule has 0 spiro atoms. The highest BCUT2D eigenvalue weighted by Gasteiger charge is 2.27. The maximum Gasteiger partial charge on any atom is 0.252 e. The van der Waals surface area contributed by atoms with E-state index in [9.17, 15) is 0 Å². The average Bonchev–Trinajstić information content (AvgIpc) is 3.66. The molecular weight excluding hydrogens is 727 g/mol. The van der Waals surface area contributed by atoms with Gasteiger partial charge in [0, 0.05) is 22.4 Å². The van der Waals surface area contributed by atoms with Crippen molar-refractivity contribution in [2.45, 2.75) is 13.8 Å². The molecule has 0 saturated carbocycles. The molecule has 2 aromatic heterocycles. The predicted octanol–water partition coefficient (Wildman–Crippen LogP) is 12.8. The van der Waals surface area contributed by atoms with E-state index in [1.165, 1.54) is 44.3 Å². The molecule has 0 amide bonds. The minimum Gasteiger partial charge on any atom is -0.456 e. The van der Waals surface area contributed by atoms with Crippen LogP contribution in [0, 0.1) is 13.8 Å². The molecule has 2 heterocycles. The smallest absolute Gasteiger partial charge is 0.252 e. The first kappa shape index (κ1) is 35.4. The molecule has 0 fully saturated rings. The molecule has 3 nitrogen and oxygen atoms in total. The van der Waals surface area contributed by atoms with Crippen LogP contribution in [0.15, 0.2) is 209 Å².